The first-order chi connectivity index (χ1) is 4.68. The molecule has 0 N–H and O–H groups in total. The third kappa shape index (κ3) is 3.21. The van der Waals surface area contributed by atoms with Crippen LogP contribution in [0.3, 0.4) is 0 Å². The molecule has 0 aliphatic rings. The molecule has 0 aromatic rings. The van der Waals surface area contributed by atoms with Crippen molar-refractivity contribution in [2.75, 3.05) is 0 Å². The SMILES string of the molecule is C=CCC[Si](C)(CC)CC. The second-order valence-corrected chi connectivity index (χ2v) is 8.88. The van der Waals surface area contributed by atoms with Crippen molar-refractivity contribution in [3.63, 3.8) is 0 Å². The molecule has 0 rings (SSSR count). The van der Waals surface area contributed by atoms with Crippen LogP contribution in [0.2, 0.25) is 24.7 Å². The highest BCUT2D eigenvalue weighted by molar-refractivity contribution is 6.78. The molecule has 0 amide bonds. The van der Waals surface area contributed by atoms with Crippen LogP contribution in [0.5, 0.6) is 0 Å². The lowest BCUT2D eigenvalue weighted by molar-refractivity contribution is 1.09. The Kier molecular flexibility index (Phi) is 4.70. The molecule has 0 radical (unpaired) electrons. The molecule has 0 unspecified atom stereocenters. The van der Waals surface area contributed by atoms with Crippen LogP contribution < -0.4 is 0 Å². The van der Waals surface area contributed by atoms with E-state index in [0.717, 1.165) is 0 Å². The molecular formula is C9H20Si. The van der Waals surface area contributed by atoms with Gasteiger partial charge < -0.3 is 0 Å². The van der Waals surface area contributed by atoms with Crippen molar-refractivity contribution in [1.29, 1.82) is 0 Å². The molecule has 0 bridgehead atoms. The van der Waals surface area contributed by atoms with Gasteiger partial charge in [-0.25, -0.2) is 0 Å². The van der Waals surface area contributed by atoms with Crippen LogP contribution in [-0.2, 0) is 0 Å². The average molecular weight is 156 g/mol. The van der Waals surface area contributed by atoms with E-state index in [2.05, 4.69) is 33.0 Å². The van der Waals surface area contributed by atoms with Gasteiger partial charge in [-0.3, -0.25) is 0 Å². The molecule has 0 spiro atoms. The van der Waals surface area contributed by atoms with Crippen molar-refractivity contribution < 1.29 is 0 Å². The Morgan fingerprint density at radius 2 is 1.80 bits per heavy atom. The van der Waals surface area contributed by atoms with Crippen LogP contribution in [0.15, 0.2) is 12.7 Å². The van der Waals surface area contributed by atoms with Gasteiger partial charge in [0.15, 0.2) is 0 Å². The first-order valence-corrected chi connectivity index (χ1v) is 7.41. The summed E-state index contributed by atoms with van der Waals surface area (Å²) in [4.78, 5) is 0. The zero-order chi connectivity index (χ0) is 8.04. The van der Waals surface area contributed by atoms with E-state index in [0.29, 0.717) is 0 Å². The van der Waals surface area contributed by atoms with Crippen LogP contribution in [0.4, 0.5) is 0 Å². The molecule has 60 valence electrons. The lowest BCUT2D eigenvalue weighted by Crippen LogP contribution is -2.26. The van der Waals surface area contributed by atoms with E-state index in [-0.39, 0.29) is 0 Å². The molecule has 0 aromatic carbocycles. The standard InChI is InChI=1S/C9H20Si/c1-5-8-9-10(4,6-2)7-3/h5H,1,6-9H2,2-4H3. The summed E-state index contributed by atoms with van der Waals surface area (Å²) in [7, 11) is -0.790. The number of allylic oxidation sites excluding steroid dienone is 1. The maximum Gasteiger partial charge on any atom is 0.0502 e. The van der Waals surface area contributed by atoms with Gasteiger partial charge in [-0.2, -0.15) is 0 Å². The van der Waals surface area contributed by atoms with Crippen molar-refractivity contribution in [3.05, 3.63) is 12.7 Å². The summed E-state index contributed by atoms with van der Waals surface area (Å²) in [5.74, 6) is 0. The van der Waals surface area contributed by atoms with Crippen LogP contribution in [0, 0.1) is 0 Å². The third-order valence-corrected chi connectivity index (χ3v) is 7.57. The number of hydrogen-bond donors (Lipinski definition) is 0. The Labute approximate surface area is 66.4 Å². The largest absolute Gasteiger partial charge is 0.103 e. The van der Waals surface area contributed by atoms with E-state index in [1.54, 1.807) is 0 Å². The molecular weight excluding hydrogens is 136 g/mol. The van der Waals surface area contributed by atoms with Crippen LogP contribution in [-0.4, -0.2) is 8.07 Å². The lowest BCUT2D eigenvalue weighted by Gasteiger charge is -2.22. The predicted octanol–water partition coefficient (Wildman–Crippen LogP) is 3.68. The van der Waals surface area contributed by atoms with Gasteiger partial charge in [-0.05, 0) is 6.42 Å². The molecule has 0 fully saturated rings. The topological polar surface area (TPSA) is 0 Å². The minimum atomic E-state index is -0.790. The van der Waals surface area contributed by atoms with Gasteiger partial charge in [0, 0.05) is 0 Å². The van der Waals surface area contributed by atoms with Gasteiger partial charge in [-0.1, -0.05) is 44.6 Å². The fourth-order valence-corrected chi connectivity index (χ4v) is 3.16. The van der Waals surface area contributed by atoms with Crippen molar-refractivity contribution in [3.8, 4) is 0 Å². The van der Waals surface area contributed by atoms with Gasteiger partial charge in [0.05, 0.1) is 8.07 Å². The van der Waals surface area contributed by atoms with Gasteiger partial charge in [0.1, 0.15) is 0 Å². The zero-order valence-corrected chi connectivity index (χ0v) is 8.61. The van der Waals surface area contributed by atoms with Crippen molar-refractivity contribution in [2.24, 2.45) is 0 Å². The van der Waals surface area contributed by atoms with Crippen LogP contribution in [0.1, 0.15) is 20.3 Å². The predicted molar refractivity (Wildman–Crippen MR) is 52.2 cm³/mol. The molecule has 0 nitrogen and oxygen atoms in total. The number of hydrogen-bond acceptors (Lipinski definition) is 0. The summed E-state index contributed by atoms with van der Waals surface area (Å²) >= 11 is 0. The Hall–Kier alpha value is -0.0431. The smallest absolute Gasteiger partial charge is 0.0502 e. The second-order valence-electron chi connectivity index (χ2n) is 3.35. The summed E-state index contributed by atoms with van der Waals surface area (Å²) in [6.45, 7) is 10.9. The first-order valence-electron chi connectivity index (χ1n) is 4.29. The third-order valence-electron chi connectivity index (χ3n) is 2.66. The van der Waals surface area contributed by atoms with E-state index in [4.69, 9.17) is 0 Å². The average Bonchev–Trinajstić information content (AvgIpc) is 2.00. The van der Waals surface area contributed by atoms with E-state index >= 15 is 0 Å². The molecule has 0 aromatic heterocycles. The van der Waals surface area contributed by atoms with Gasteiger partial charge >= 0.3 is 0 Å². The minimum Gasteiger partial charge on any atom is -0.103 e. The fourth-order valence-electron chi connectivity index (χ4n) is 1.05. The van der Waals surface area contributed by atoms with Crippen molar-refractivity contribution >= 4 is 8.07 Å². The monoisotopic (exact) mass is 156 g/mol. The maximum atomic E-state index is 3.75. The lowest BCUT2D eigenvalue weighted by atomic mass is 10.5. The summed E-state index contributed by atoms with van der Waals surface area (Å²) < 4.78 is 0. The summed E-state index contributed by atoms with van der Waals surface area (Å²) in [6, 6.07) is 4.29. The van der Waals surface area contributed by atoms with Crippen LogP contribution >= 0.6 is 0 Å². The van der Waals surface area contributed by atoms with Gasteiger partial charge in [0.25, 0.3) is 0 Å². The van der Waals surface area contributed by atoms with E-state index < -0.39 is 8.07 Å². The first kappa shape index (κ1) is 9.96. The summed E-state index contributed by atoms with van der Waals surface area (Å²) in [6.07, 6.45) is 3.28. The van der Waals surface area contributed by atoms with Gasteiger partial charge in [-0.15, -0.1) is 6.58 Å². The molecule has 0 saturated heterocycles. The Balaban J connectivity index is 3.68. The van der Waals surface area contributed by atoms with E-state index in [1.165, 1.54) is 24.6 Å². The molecule has 0 aliphatic carbocycles. The van der Waals surface area contributed by atoms with Crippen LogP contribution in [0.25, 0.3) is 0 Å². The highest BCUT2D eigenvalue weighted by atomic mass is 28.3. The quantitative estimate of drug-likeness (QED) is 0.421. The molecule has 0 aliphatic heterocycles. The summed E-state index contributed by atoms with van der Waals surface area (Å²) in [5.41, 5.74) is 0. The molecule has 1 heteroatoms. The Bertz CT molecular complexity index is 92.9. The minimum absolute atomic E-state index is 0.790. The van der Waals surface area contributed by atoms with E-state index in [9.17, 15) is 0 Å². The van der Waals surface area contributed by atoms with Crippen molar-refractivity contribution in [1.82, 2.24) is 0 Å². The molecule has 0 saturated carbocycles. The molecule has 0 atom stereocenters. The van der Waals surface area contributed by atoms with E-state index in [1.807, 2.05) is 0 Å². The van der Waals surface area contributed by atoms with Gasteiger partial charge in [0.2, 0.25) is 0 Å². The Morgan fingerprint density at radius 3 is 2.10 bits per heavy atom. The highest BCUT2D eigenvalue weighted by Crippen LogP contribution is 2.21. The Morgan fingerprint density at radius 1 is 1.30 bits per heavy atom. The maximum absolute atomic E-state index is 3.75. The zero-order valence-electron chi connectivity index (χ0n) is 7.61. The molecule has 0 heterocycles. The number of rotatable bonds is 5. The summed E-state index contributed by atoms with van der Waals surface area (Å²) in [5, 5.41) is 0. The second kappa shape index (κ2) is 4.72. The van der Waals surface area contributed by atoms with Crippen molar-refractivity contribution in [2.45, 2.75) is 44.9 Å². The highest BCUT2D eigenvalue weighted by Gasteiger charge is 2.20. The normalized spacial score (nSPS) is 11.5. The fraction of sp³-hybridized carbons (Fsp3) is 0.778. The molecule has 10 heavy (non-hydrogen) atoms.